The molecule has 0 aliphatic carbocycles. The van der Waals surface area contributed by atoms with Crippen LogP contribution in [0, 0.1) is 0 Å². The number of nitrogens with one attached hydrogen (secondary N) is 1. The van der Waals surface area contributed by atoms with Gasteiger partial charge >= 0.3 is 12.1 Å². The quantitative estimate of drug-likeness (QED) is 0.849. The molecule has 0 unspecified atom stereocenters. The molecule has 1 aromatic rings. The Morgan fingerprint density at radius 1 is 1.16 bits per heavy atom. The van der Waals surface area contributed by atoms with Crippen LogP contribution in [0.1, 0.15) is 44.0 Å². The zero-order valence-electron chi connectivity index (χ0n) is 15.0. The van der Waals surface area contributed by atoms with Crippen molar-refractivity contribution in [2.24, 2.45) is 0 Å². The SMILES string of the molecule is COC(=O)c1ccc(NC(=O)[C@@H]2CCCN2C(=O)OC(C)(C)C)cc1. The first-order chi connectivity index (χ1) is 11.7. The van der Waals surface area contributed by atoms with Crippen LogP contribution in [0.5, 0.6) is 0 Å². The van der Waals surface area contributed by atoms with Crippen molar-refractivity contribution in [3.63, 3.8) is 0 Å². The molecule has 1 N–H and O–H groups in total. The number of likely N-dealkylation sites (tertiary alicyclic amines) is 1. The summed E-state index contributed by atoms with van der Waals surface area (Å²) in [4.78, 5) is 37.7. The summed E-state index contributed by atoms with van der Waals surface area (Å²) in [6.07, 6.45) is 0.857. The first-order valence-electron chi connectivity index (χ1n) is 8.20. The smallest absolute Gasteiger partial charge is 0.410 e. The number of methoxy groups -OCH3 is 1. The Morgan fingerprint density at radius 3 is 2.36 bits per heavy atom. The predicted octanol–water partition coefficient (Wildman–Crippen LogP) is 2.81. The van der Waals surface area contributed by atoms with Gasteiger partial charge in [-0.3, -0.25) is 9.69 Å². The van der Waals surface area contributed by atoms with Crippen molar-refractivity contribution < 1.29 is 23.9 Å². The number of anilines is 1. The maximum absolute atomic E-state index is 12.5. The van der Waals surface area contributed by atoms with Crippen LogP contribution in [0.25, 0.3) is 0 Å². The fourth-order valence-electron chi connectivity index (χ4n) is 2.61. The van der Waals surface area contributed by atoms with Gasteiger partial charge in [0.25, 0.3) is 0 Å². The molecular formula is C18H24N2O5. The standard InChI is InChI=1S/C18H24N2O5/c1-18(2,3)25-17(23)20-11-5-6-14(20)15(21)19-13-9-7-12(8-10-13)16(22)24-4/h7-10,14H,5-6,11H2,1-4H3,(H,19,21)/t14-/m0/s1. The monoisotopic (exact) mass is 348 g/mol. The summed E-state index contributed by atoms with van der Waals surface area (Å²) in [5.41, 5.74) is 0.343. The number of rotatable bonds is 3. The number of esters is 1. The summed E-state index contributed by atoms with van der Waals surface area (Å²) in [5, 5.41) is 2.78. The van der Waals surface area contributed by atoms with Crippen LogP contribution in [0.4, 0.5) is 10.5 Å². The Hall–Kier alpha value is -2.57. The van der Waals surface area contributed by atoms with Gasteiger partial charge in [-0.25, -0.2) is 9.59 Å². The van der Waals surface area contributed by atoms with E-state index in [0.717, 1.165) is 6.42 Å². The van der Waals surface area contributed by atoms with Gasteiger partial charge in [0.1, 0.15) is 11.6 Å². The van der Waals surface area contributed by atoms with Crippen molar-refractivity contribution in [2.45, 2.75) is 45.3 Å². The molecule has 1 aromatic carbocycles. The van der Waals surface area contributed by atoms with E-state index >= 15 is 0 Å². The van der Waals surface area contributed by atoms with Crippen molar-refractivity contribution in [3.05, 3.63) is 29.8 Å². The highest BCUT2D eigenvalue weighted by Gasteiger charge is 2.36. The summed E-state index contributed by atoms with van der Waals surface area (Å²) in [7, 11) is 1.31. The average molecular weight is 348 g/mol. The van der Waals surface area contributed by atoms with Crippen LogP contribution in [0.15, 0.2) is 24.3 Å². The summed E-state index contributed by atoms with van der Waals surface area (Å²) in [6.45, 7) is 5.87. The van der Waals surface area contributed by atoms with Crippen molar-refractivity contribution in [1.29, 1.82) is 0 Å². The minimum atomic E-state index is -0.607. The van der Waals surface area contributed by atoms with Crippen molar-refractivity contribution >= 4 is 23.7 Å². The van der Waals surface area contributed by atoms with Gasteiger partial charge in [0.15, 0.2) is 0 Å². The van der Waals surface area contributed by atoms with Crippen LogP contribution >= 0.6 is 0 Å². The van der Waals surface area contributed by atoms with Gasteiger partial charge in [0.2, 0.25) is 5.91 Å². The predicted molar refractivity (Wildman–Crippen MR) is 92.4 cm³/mol. The lowest BCUT2D eigenvalue weighted by atomic mass is 10.1. The highest BCUT2D eigenvalue weighted by Crippen LogP contribution is 2.22. The van der Waals surface area contributed by atoms with Crippen LogP contribution in [-0.2, 0) is 14.3 Å². The average Bonchev–Trinajstić information content (AvgIpc) is 3.03. The number of ether oxygens (including phenoxy) is 2. The fourth-order valence-corrected chi connectivity index (χ4v) is 2.61. The number of hydrogen-bond acceptors (Lipinski definition) is 5. The van der Waals surface area contributed by atoms with Crippen LogP contribution in [0.3, 0.4) is 0 Å². The highest BCUT2D eigenvalue weighted by molar-refractivity contribution is 5.97. The maximum atomic E-state index is 12.5. The molecule has 0 spiro atoms. The van der Waals surface area contributed by atoms with E-state index in [0.29, 0.717) is 24.2 Å². The number of benzene rings is 1. The molecule has 0 saturated carbocycles. The molecule has 1 aliphatic rings. The van der Waals surface area contributed by atoms with Crippen LogP contribution < -0.4 is 5.32 Å². The normalized spacial score (nSPS) is 17.1. The minimum absolute atomic E-state index is 0.269. The topological polar surface area (TPSA) is 84.9 Å². The number of hydrogen-bond donors (Lipinski definition) is 1. The third kappa shape index (κ3) is 4.95. The second kappa shape index (κ2) is 7.55. The molecule has 0 radical (unpaired) electrons. The summed E-state index contributed by atoms with van der Waals surface area (Å²) < 4.78 is 10.00. The molecule has 1 fully saturated rings. The van der Waals surface area contributed by atoms with Crippen molar-refractivity contribution in [2.75, 3.05) is 19.0 Å². The van der Waals surface area contributed by atoms with Gasteiger partial charge in [-0.1, -0.05) is 0 Å². The van der Waals surface area contributed by atoms with Gasteiger partial charge in [-0.05, 0) is 57.9 Å². The molecule has 2 amide bonds. The van der Waals surface area contributed by atoms with Gasteiger partial charge in [0.05, 0.1) is 12.7 Å². The third-order valence-electron chi connectivity index (χ3n) is 3.76. The Labute approximate surface area is 147 Å². The molecule has 2 rings (SSSR count). The molecule has 25 heavy (non-hydrogen) atoms. The molecule has 7 nitrogen and oxygen atoms in total. The lowest BCUT2D eigenvalue weighted by Crippen LogP contribution is -2.45. The minimum Gasteiger partial charge on any atom is -0.465 e. The number of amides is 2. The molecule has 1 saturated heterocycles. The van der Waals surface area contributed by atoms with Gasteiger partial charge in [-0.2, -0.15) is 0 Å². The zero-order chi connectivity index (χ0) is 18.6. The molecule has 1 atom stereocenters. The molecule has 0 aromatic heterocycles. The molecule has 136 valence electrons. The van der Waals surface area contributed by atoms with E-state index in [1.54, 1.807) is 45.0 Å². The Kier molecular flexibility index (Phi) is 5.66. The second-order valence-electron chi connectivity index (χ2n) is 6.89. The Balaban J connectivity index is 2.01. The Morgan fingerprint density at radius 2 is 1.80 bits per heavy atom. The molecule has 1 heterocycles. The van der Waals surface area contributed by atoms with Gasteiger partial charge in [-0.15, -0.1) is 0 Å². The summed E-state index contributed by atoms with van der Waals surface area (Å²) >= 11 is 0. The fraction of sp³-hybridized carbons (Fsp3) is 0.500. The second-order valence-corrected chi connectivity index (χ2v) is 6.89. The van der Waals surface area contributed by atoms with E-state index in [1.165, 1.54) is 12.0 Å². The van der Waals surface area contributed by atoms with E-state index in [2.05, 4.69) is 10.1 Å². The first kappa shape index (κ1) is 18.8. The lowest BCUT2D eigenvalue weighted by molar-refractivity contribution is -0.120. The summed E-state index contributed by atoms with van der Waals surface area (Å²) in [6, 6.07) is 5.83. The Bertz CT molecular complexity index is 648. The van der Waals surface area contributed by atoms with E-state index in [-0.39, 0.29) is 5.91 Å². The largest absolute Gasteiger partial charge is 0.465 e. The lowest BCUT2D eigenvalue weighted by Gasteiger charge is -2.28. The highest BCUT2D eigenvalue weighted by atomic mass is 16.6. The summed E-state index contributed by atoms with van der Waals surface area (Å²) in [5.74, 6) is -0.709. The van der Waals surface area contributed by atoms with E-state index in [9.17, 15) is 14.4 Å². The van der Waals surface area contributed by atoms with Crippen molar-refractivity contribution in [3.8, 4) is 0 Å². The van der Waals surface area contributed by atoms with Crippen LogP contribution in [0.2, 0.25) is 0 Å². The maximum Gasteiger partial charge on any atom is 0.410 e. The molecule has 7 heteroatoms. The van der Waals surface area contributed by atoms with E-state index < -0.39 is 23.7 Å². The first-order valence-corrected chi connectivity index (χ1v) is 8.20. The molecule has 1 aliphatic heterocycles. The van der Waals surface area contributed by atoms with E-state index in [1.807, 2.05) is 0 Å². The van der Waals surface area contributed by atoms with Gasteiger partial charge < -0.3 is 14.8 Å². The third-order valence-corrected chi connectivity index (χ3v) is 3.76. The molecular weight excluding hydrogens is 324 g/mol. The van der Waals surface area contributed by atoms with E-state index in [4.69, 9.17) is 4.74 Å². The number of carbonyl (C=O) groups excluding carboxylic acids is 3. The van der Waals surface area contributed by atoms with Crippen molar-refractivity contribution in [1.82, 2.24) is 4.90 Å². The zero-order valence-corrected chi connectivity index (χ0v) is 15.0. The van der Waals surface area contributed by atoms with Crippen LogP contribution in [-0.4, -0.2) is 48.2 Å². The number of carbonyl (C=O) groups is 3. The number of nitrogens with zero attached hydrogens (tertiary/aromatic N) is 1. The molecule has 0 bridgehead atoms. The van der Waals surface area contributed by atoms with Gasteiger partial charge in [0, 0.05) is 12.2 Å².